The molecule has 0 aromatic heterocycles. The van der Waals surface area contributed by atoms with E-state index in [2.05, 4.69) is 5.32 Å². The van der Waals surface area contributed by atoms with Gasteiger partial charge < -0.3 is 10.1 Å². The summed E-state index contributed by atoms with van der Waals surface area (Å²) in [4.78, 5) is 13.4. The number of sulfone groups is 1. The summed E-state index contributed by atoms with van der Waals surface area (Å²) in [6.07, 6.45) is -0.00801. The molecule has 2 atom stereocenters. The normalized spacial score (nSPS) is 16.6. The van der Waals surface area contributed by atoms with Crippen LogP contribution in [0.25, 0.3) is 0 Å². The molecule has 0 bridgehead atoms. The van der Waals surface area contributed by atoms with Gasteiger partial charge in [-0.05, 0) is 61.9 Å². The average Bonchev–Trinajstić information content (AvgIpc) is 2.83. The van der Waals surface area contributed by atoms with Crippen molar-refractivity contribution in [1.29, 1.82) is 0 Å². The number of benzene rings is 3. The zero-order valence-electron chi connectivity index (χ0n) is 19.8. The van der Waals surface area contributed by atoms with E-state index in [9.17, 15) is 21.6 Å². The van der Waals surface area contributed by atoms with Crippen molar-refractivity contribution in [2.75, 3.05) is 17.1 Å². The van der Waals surface area contributed by atoms with Gasteiger partial charge in [-0.15, -0.1) is 0 Å². The number of rotatable bonds is 6. The highest BCUT2D eigenvalue weighted by molar-refractivity contribution is 7.92. The predicted octanol–water partition coefficient (Wildman–Crippen LogP) is 3.89. The van der Waals surface area contributed by atoms with Gasteiger partial charge in [0.05, 0.1) is 28.1 Å². The molecule has 0 fully saturated rings. The first-order chi connectivity index (χ1) is 16.9. The molecule has 3 aromatic carbocycles. The van der Waals surface area contributed by atoms with Gasteiger partial charge in [-0.2, -0.15) is 0 Å². The molecular weight excluding hydrogens is 524 g/mol. The molecule has 0 saturated heterocycles. The van der Waals surface area contributed by atoms with E-state index in [-0.39, 0.29) is 27.8 Å². The van der Waals surface area contributed by atoms with Gasteiger partial charge in [-0.3, -0.25) is 9.10 Å². The van der Waals surface area contributed by atoms with Gasteiger partial charge in [0.25, 0.3) is 15.9 Å². The van der Waals surface area contributed by atoms with Crippen molar-refractivity contribution in [3.05, 3.63) is 82.9 Å². The van der Waals surface area contributed by atoms with Crippen LogP contribution in [0.3, 0.4) is 0 Å². The highest BCUT2D eigenvalue weighted by Crippen LogP contribution is 2.39. The van der Waals surface area contributed by atoms with Crippen LogP contribution in [-0.4, -0.2) is 41.6 Å². The lowest BCUT2D eigenvalue weighted by molar-refractivity contribution is -0.128. The van der Waals surface area contributed by atoms with Crippen molar-refractivity contribution < 1.29 is 26.4 Å². The maximum Gasteiger partial charge on any atom is 0.264 e. The van der Waals surface area contributed by atoms with Gasteiger partial charge in [0.1, 0.15) is 5.75 Å². The summed E-state index contributed by atoms with van der Waals surface area (Å²) in [6.45, 7) is 3.34. The van der Waals surface area contributed by atoms with E-state index in [1.165, 1.54) is 36.4 Å². The first-order valence-electron chi connectivity index (χ1n) is 11.0. The molecule has 1 aliphatic heterocycles. The number of fused-ring (bicyclic) bond motifs is 1. The highest BCUT2D eigenvalue weighted by atomic mass is 35.5. The maximum atomic E-state index is 13.5. The number of nitrogens with one attached hydrogen (secondary N) is 1. The number of hydrogen-bond donors (Lipinski definition) is 1. The van der Waals surface area contributed by atoms with Gasteiger partial charge >= 0.3 is 0 Å². The molecule has 0 spiro atoms. The van der Waals surface area contributed by atoms with Crippen LogP contribution in [0.4, 0.5) is 5.69 Å². The van der Waals surface area contributed by atoms with Crippen molar-refractivity contribution in [3.63, 3.8) is 0 Å². The third kappa shape index (κ3) is 5.35. The average molecular weight is 549 g/mol. The Morgan fingerprint density at radius 2 is 1.61 bits per heavy atom. The number of ether oxygens (including phenoxy) is 1. The predicted molar refractivity (Wildman–Crippen MR) is 138 cm³/mol. The molecule has 0 aliphatic carbocycles. The van der Waals surface area contributed by atoms with Crippen LogP contribution in [-0.2, 0) is 24.7 Å². The fraction of sp³-hybridized carbons (Fsp3) is 0.240. The Bertz CT molecular complexity index is 1510. The van der Waals surface area contributed by atoms with E-state index in [4.69, 9.17) is 16.3 Å². The van der Waals surface area contributed by atoms with Crippen LogP contribution >= 0.6 is 11.6 Å². The number of sulfonamides is 1. The van der Waals surface area contributed by atoms with Crippen molar-refractivity contribution in [3.8, 4) is 5.75 Å². The van der Waals surface area contributed by atoms with Crippen LogP contribution in [0.5, 0.6) is 5.75 Å². The minimum absolute atomic E-state index is 0.0828. The van der Waals surface area contributed by atoms with Gasteiger partial charge in [0, 0.05) is 11.3 Å². The minimum Gasteiger partial charge on any atom is -0.476 e. The molecule has 8 nitrogen and oxygen atoms in total. The summed E-state index contributed by atoms with van der Waals surface area (Å²) >= 11 is 6.14. The molecular formula is C25H25ClN2O6S2. The van der Waals surface area contributed by atoms with E-state index in [0.29, 0.717) is 10.6 Å². The third-order valence-electron chi connectivity index (χ3n) is 5.86. The number of aryl methyl sites for hydroxylation is 1. The van der Waals surface area contributed by atoms with E-state index >= 15 is 0 Å². The molecule has 1 aliphatic rings. The van der Waals surface area contributed by atoms with Gasteiger partial charge in [-0.25, -0.2) is 16.8 Å². The number of hydrogen-bond acceptors (Lipinski definition) is 6. The Labute approximate surface area is 215 Å². The van der Waals surface area contributed by atoms with Crippen molar-refractivity contribution in [2.24, 2.45) is 0 Å². The summed E-state index contributed by atoms with van der Waals surface area (Å²) in [7, 11) is -7.36. The minimum atomic E-state index is -4.02. The Morgan fingerprint density at radius 1 is 1.00 bits per heavy atom. The zero-order chi connectivity index (χ0) is 26.3. The van der Waals surface area contributed by atoms with E-state index in [1.807, 2.05) is 6.92 Å². The largest absolute Gasteiger partial charge is 0.476 e. The van der Waals surface area contributed by atoms with Crippen LogP contribution in [0.2, 0.25) is 5.02 Å². The monoisotopic (exact) mass is 548 g/mol. The molecule has 4 rings (SSSR count). The molecule has 0 radical (unpaired) electrons. The first kappa shape index (κ1) is 26.0. The summed E-state index contributed by atoms with van der Waals surface area (Å²) in [5.74, 6) is -0.300. The Morgan fingerprint density at radius 3 is 2.22 bits per heavy atom. The van der Waals surface area contributed by atoms with Crippen molar-refractivity contribution in [2.45, 2.75) is 35.8 Å². The quantitative estimate of drug-likeness (QED) is 0.500. The first-order valence-corrected chi connectivity index (χ1v) is 14.7. The molecule has 1 heterocycles. The summed E-state index contributed by atoms with van der Waals surface area (Å²) in [5, 5.41) is 3.15. The second-order valence-electron chi connectivity index (χ2n) is 8.64. The van der Waals surface area contributed by atoms with Crippen molar-refractivity contribution >= 4 is 43.1 Å². The third-order valence-corrected chi connectivity index (χ3v) is 9.02. The van der Waals surface area contributed by atoms with Gasteiger partial charge in [0.2, 0.25) is 0 Å². The molecule has 3 aromatic rings. The second kappa shape index (κ2) is 9.76. The molecule has 0 saturated carbocycles. The van der Waals surface area contributed by atoms with E-state index in [1.54, 1.807) is 37.3 Å². The molecule has 36 heavy (non-hydrogen) atoms. The smallest absolute Gasteiger partial charge is 0.264 e. The number of nitrogens with zero attached hydrogens (tertiary/aromatic N) is 1. The standard InChI is InChI=1S/C25H25ClN2O6S2/c1-16-4-9-21(10-5-16)36(32,33)28-15-24(34-23-13-8-19(26)14-22(23)28)25(29)27-17(2)18-6-11-20(12-7-18)35(3,30)31/h4-14,17,24H,15H2,1-3H3,(H,27,29)/t17-,24+/m0/s1. The summed E-state index contributed by atoms with van der Waals surface area (Å²) < 4.78 is 57.5. The van der Waals surface area contributed by atoms with Crippen LogP contribution in [0.15, 0.2) is 76.5 Å². The van der Waals surface area contributed by atoms with Crippen LogP contribution < -0.4 is 14.4 Å². The SMILES string of the molecule is Cc1ccc(S(=O)(=O)N2C[C@H](C(=O)N[C@@H](C)c3ccc(S(C)(=O)=O)cc3)Oc3ccc(Cl)cc32)cc1. The molecule has 11 heteroatoms. The van der Waals surface area contributed by atoms with Gasteiger partial charge in [-0.1, -0.05) is 41.4 Å². The molecule has 190 valence electrons. The van der Waals surface area contributed by atoms with E-state index < -0.39 is 37.9 Å². The number of carbonyl (C=O) groups excluding carboxylic acids is 1. The highest BCUT2D eigenvalue weighted by Gasteiger charge is 2.38. The maximum absolute atomic E-state index is 13.5. The number of anilines is 1. The van der Waals surface area contributed by atoms with Crippen LogP contribution in [0, 0.1) is 6.92 Å². The molecule has 1 N–H and O–H groups in total. The zero-order valence-corrected chi connectivity index (χ0v) is 22.2. The fourth-order valence-electron chi connectivity index (χ4n) is 3.82. The number of halogens is 1. The Kier molecular flexibility index (Phi) is 7.05. The summed E-state index contributed by atoms with van der Waals surface area (Å²) in [5.41, 5.74) is 1.84. The lowest BCUT2D eigenvalue weighted by Gasteiger charge is -2.35. The lowest BCUT2D eigenvalue weighted by Crippen LogP contribution is -2.51. The number of carbonyl (C=O) groups is 1. The molecule has 0 unspecified atom stereocenters. The topological polar surface area (TPSA) is 110 Å². The Balaban J connectivity index is 1.60. The van der Waals surface area contributed by atoms with E-state index in [0.717, 1.165) is 16.1 Å². The van der Waals surface area contributed by atoms with Crippen LogP contribution in [0.1, 0.15) is 24.1 Å². The summed E-state index contributed by atoms with van der Waals surface area (Å²) in [6, 6.07) is 16.7. The Hall–Kier alpha value is -3.08. The fourth-order valence-corrected chi connectivity index (χ4v) is 6.08. The molecule has 1 amide bonds. The second-order valence-corrected chi connectivity index (χ2v) is 13.0. The van der Waals surface area contributed by atoms with Gasteiger partial charge in [0.15, 0.2) is 15.9 Å². The lowest BCUT2D eigenvalue weighted by atomic mass is 10.1. The number of amides is 1. The van der Waals surface area contributed by atoms with Crippen molar-refractivity contribution in [1.82, 2.24) is 5.32 Å².